The molecule has 2 aliphatic heterocycles. The molecule has 0 unspecified atom stereocenters. The fourth-order valence-electron chi connectivity index (χ4n) is 3.64. The van der Waals surface area contributed by atoms with E-state index in [4.69, 9.17) is 5.73 Å². The molecule has 108 valence electrons. The first-order valence-corrected chi connectivity index (χ1v) is 6.97. The maximum atomic E-state index is 11.2. The number of nitro groups is 1. The van der Waals surface area contributed by atoms with E-state index < -0.39 is 0 Å². The Kier molecular flexibility index (Phi) is 3.05. The largest absolute Gasteiger partial charge is 0.393 e. The Bertz CT molecular complexity index is 530. The van der Waals surface area contributed by atoms with Crippen LogP contribution in [0.2, 0.25) is 0 Å². The summed E-state index contributed by atoms with van der Waals surface area (Å²) in [4.78, 5) is 15.3. The molecule has 6 heteroatoms. The number of benzene rings is 1. The standard InChI is InChI=1S/C14H20N4O2/c1-16-9-14(10-16)5-7-17(8-6-14)12-4-2-3-11(15)13(12)18(19)20/h2-4H,5-10,15H2,1H3. The lowest BCUT2D eigenvalue weighted by Gasteiger charge is -2.53. The van der Waals surface area contributed by atoms with Gasteiger partial charge >= 0.3 is 5.69 Å². The summed E-state index contributed by atoms with van der Waals surface area (Å²) in [5, 5.41) is 11.2. The van der Waals surface area contributed by atoms with Crippen LogP contribution in [0.1, 0.15) is 12.8 Å². The van der Waals surface area contributed by atoms with Gasteiger partial charge in [-0.1, -0.05) is 6.07 Å². The van der Waals surface area contributed by atoms with Crippen molar-refractivity contribution in [3.8, 4) is 0 Å². The van der Waals surface area contributed by atoms with Crippen LogP contribution in [0.15, 0.2) is 18.2 Å². The van der Waals surface area contributed by atoms with E-state index in [9.17, 15) is 10.1 Å². The monoisotopic (exact) mass is 276 g/mol. The van der Waals surface area contributed by atoms with Crippen LogP contribution in [0, 0.1) is 15.5 Å². The summed E-state index contributed by atoms with van der Waals surface area (Å²) in [5.74, 6) is 0. The van der Waals surface area contributed by atoms with E-state index in [-0.39, 0.29) is 16.3 Å². The van der Waals surface area contributed by atoms with Gasteiger partial charge in [-0.2, -0.15) is 0 Å². The van der Waals surface area contributed by atoms with E-state index in [0.29, 0.717) is 11.1 Å². The number of nitrogens with zero attached hydrogens (tertiary/aromatic N) is 3. The first-order valence-electron chi connectivity index (χ1n) is 6.97. The molecule has 0 bridgehead atoms. The van der Waals surface area contributed by atoms with E-state index in [1.165, 1.54) is 0 Å². The minimum Gasteiger partial charge on any atom is -0.393 e. The van der Waals surface area contributed by atoms with Crippen molar-refractivity contribution in [2.24, 2.45) is 5.41 Å². The first kappa shape index (κ1) is 13.2. The normalized spacial score (nSPS) is 21.8. The van der Waals surface area contributed by atoms with Crippen LogP contribution in [-0.2, 0) is 0 Å². The summed E-state index contributed by atoms with van der Waals surface area (Å²) < 4.78 is 0. The molecule has 2 N–H and O–H groups in total. The van der Waals surface area contributed by atoms with Gasteiger partial charge in [0.25, 0.3) is 0 Å². The molecule has 3 rings (SSSR count). The Labute approximate surface area is 118 Å². The van der Waals surface area contributed by atoms with Crippen molar-refractivity contribution in [2.75, 3.05) is 43.9 Å². The van der Waals surface area contributed by atoms with Crippen LogP contribution in [0.4, 0.5) is 17.1 Å². The van der Waals surface area contributed by atoms with E-state index in [0.717, 1.165) is 39.0 Å². The summed E-state index contributed by atoms with van der Waals surface area (Å²) in [6, 6.07) is 5.19. The quantitative estimate of drug-likeness (QED) is 0.505. The summed E-state index contributed by atoms with van der Waals surface area (Å²) in [7, 11) is 2.14. The van der Waals surface area contributed by atoms with Gasteiger partial charge in [-0.15, -0.1) is 0 Å². The van der Waals surface area contributed by atoms with Crippen LogP contribution >= 0.6 is 0 Å². The zero-order valence-corrected chi connectivity index (χ0v) is 11.7. The smallest absolute Gasteiger partial charge is 0.315 e. The molecule has 1 aromatic rings. The van der Waals surface area contributed by atoms with Crippen LogP contribution in [-0.4, -0.2) is 43.0 Å². The van der Waals surface area contributed by atoms with Crippen molar-refractivity contribution >= 4 is 17.1 Å². The summed E-state index contributed by atoms with van der Waals surface area (Å²) in [6.45, 7) is 4.05. The van der Waals surface area contributed by atoms with E-state index in [1.807, 2.05) is 0 Å². The Morgan fingerprint density at radius 2 is 1.95 bits per heavy atom. The van der Waals surface area contributed by atoms with Gasteiger partial charge in [-0.25, -0.2) is 0 Å². The van der Waals surface area contributed by atoms with Crippen molar-refractivity contribution in [3.05, 3.63) is 28.3 Å². The second-order valence-electron chi connectivity index (χ2n) is 6.13. The fraction of sp³-hybridized carbons (Fsp3) is 0.571. The van der Waals surface area contributed by atoms with Gasteiger partial charge in [0.15, 0.2) is 0 Å². The molecule has 2 saturated heterocycles. The number of nitrogen functional groups attached to an aromatic ring is 1. The fourth-order valence-corrected chi connectivity index (χ4v) is 3.64. The molecule has 2 aliphatic rings. The van der Waals surface area contributed by atoms with Gasteiger partial charge in [-0.3, -0.25) is 10.1 Å². The molecule has 0 amide bonds. The lowest BCUT2D eigenvalue weighted by molar-refractivity contribution is -0.383. The average Bonchev–Trinajstić information content (AvgIpc) is 2.37. The Balaban J connectivity index is 1.79. The van der Waals surface area contributed by atoms with Gasteiger partial charge in [0, 0.05) is 26.2 Å². The minimum absolute atomic E-state index is 0.0502. The maximum Gasteiger partial charge on any atom is 0.315 e. The Hall–Kier alpha value is -1.82. The van der Waals surface area contributed by atoms with Gasteiger partial charge < -0.3 is 15.5 Å². The highest BCUT2D eigenvalue weighted by Gasteiger charge is 2.43. The average molecular weight is 276 g/mol. The topological polar surface area (TPSA) is 75.6 Å². The van der Waals surface area contributed by atoms with Gasteiger partial charge in [0.2, 0.25) is 0 Å². The summed E-state index contributed by atoms with van der Waals surface area (Å²) in [5.41, 5.74) is 7.17. The second kappa shape index (κ2) is 4.63. The number of nitro benzene ring substituents is 1. The molecule has 0 aromatic heterocycles. The lowest BCUT2D eigenvalue weighted by atomic mass is 9.72. The summed E-state index contributed by atoms with van der Waals surface area (Å²) >= 11 is 0. The third-order valence-electron chi connectivity index (χ3n) is 4.60. The molecule has 1 spiro atoms. The SMILES string of the molecule is CN1CC2(CCN(c3cccc(N)c3[N+](=O)[O-])CC2)C1. The van der Waals surface area contributed by atoms with Crippen molar-refractivity contribution in [2.45, 2.75) is 12.8 Å². The molecule has 1 aromatic carbocycles. The Morgan fingerprint density at radius 1 is 1.30 bits per heavy atom. The third kappa shape index (κ3) is 2.10. The number of piperidine rings is 1. The number of hydrogen-bond donors (Lipinski definition) is 1. The molecule has 2 fully saturated rings. The molecule has 0 saturated carbocycles. The number of hydrogen-bond acceptors (Lipinski definition) is 5. The van der Waals surface area contributed by atoms with Crippen molar-refractivity contribution < 1.29 is 4.92 Å². The molecule has 0 aliphatic carbocycles. The number of nitrogens with two attached hydrogens (primary N) is 1. The van der Waals surface area contributed by atoms with Gasteiger partial charge in [0.1, 0.15) is 11.4 Å². The van der Waals surface area contributed by atoms with Crippen molar-refractivity contribution in [1.29, 1.82) is 0 Å². The number of likely N-dealkylation sites (tertiary alicyclic amines) is 1. The van der Waals surface area contributed by atoms with E-state index in [1.54, 1.807) is 18.2 Å². The predicted molar refractivity (Wildman–Crippen MR) is 78.9 cm³/mol. The zero-order valence-electron chi connectivity index (χ0n) is 11.7. The highest BCUT2D eigenvalue weighted by molar-refractivity contribution is 5.75. The van der Waals surface area contributed by atoms with Crippen LogP contribution in [0.3, 0.4) is 0 Å². The molecule has 2 heterocycles. The lowest BCUT2D eigenvalue weighted by Crippen LogP contribution is -2.58. The molecule has 6 nitrogen and oxygen atoms in total. The number of rotatable bonds is 2. The van der Waals surface area contributed by atoms with Crippen molar-refractivity contribution in [3.63, 3.8) is 0 Å². The Morgan fingerprint density at radius 3 is 2.50 bits per heavy atom. The minimum atomic E-state index is -0.369. The molecular weight excluding hydrogens is 256 g/mol. The first-order chi connectivity index (χ1) is 9.51. The summed E-state index contributed by atoms with van der Waals surface area (Å²) in [6.07, 6.45) is 2.20. The van der Waals surface area contributed by atoms with Gasteiger partial charge in [0.05, 0.1) is 4.92 Å². The molecule has 0 atom stereocenters. The number of para-hydroxylation sites is 1. The van der Waals surface area contributed by atoms with Crippen LogP contribution in [0.25, 0.3) is 0 Å². The second-order valence-corrected chi connectivity index (χ2v) is 6.13. The van der Waals surface area contributed by atoms with Crippen LogP contribution in [0.5, 0.6) is 0 Å². The maximum absolute atomic E-state index is 11.2. The van der Waals surface area contributed by atoms with E-state index >= 15 is 0 Å². The zero-order chi connectivity index (χ0) is 14.3. The van der Waals surface area contributed by atoms with Gasteiger partial charge in [-0.05, 0) is 37.4 Å². The third-order valence-corrected chi connectivity index (χ3v) is 4.60. The number of anilines is 2. The molecular formula is C14H20N4O2. The predicted octanol–water partition coefficient (Wildman–Crippen LogP) is 1.71. The van der Waals surface area contributed by atoms with E-state index in [2.05, 4.69) is 16.8 Å². The van der Waals surface area contributed by atoms with Crippen molar-refractivity contribution in [1.82, 2.24) is 4.90 Å². The van der Waals surface area contributed by atoms with Crippen LogP contribution < -0.4 is 10.6 Å². The molecule has 20 heavy (non-hydrogen) atoms. The highest BCUT2D eigenvalue weighted by Crippen LogP contribution is 2.42. The highest BCUT2D eigenvalue weighted by atomic mass is 16.6. The molecule has 0 radical (unpaired) electrons.